The summed E-state index contributed by atoms with van der Waals surface area (Å²) in [5.41, 5.74) is 2.62. The fourth-order valence-corrected chi connectivity index (χ4v) is 5.52. The van der Waals surface area contributed by atoms with Gasteiger partial charge in [-0.15, -0.1) is 0 Å². The van der Waals surface area contributed by atoms with Gasteiger partial charge in [0.2, 0.25) is 10.0 Å². The minimum absolute atomic E-state index is 0.0458. The van der Waals surface area contributed by atoms with Crippen molar-refractivity contribution in [3.05, 3.63) is 65.2 Å². The molecule has 1 N–H and O–H groups in total. The Morgan fingerprint density at radius 1 is 0.882 bits per heavy atom. The molecule has 0 aliphatic carbocycles. The molecular formula is C25H32N4O4S. The lowest BCUT2D eigenvalue weighted by Gasteiger charge is -2.33. The number of carbonyl (C=O) groups excluding carboxylic acids is 2. The first-order valence-electron chi connectivity index (χ1n) is 11.9. The van der Waals surface area contributed by atoms with Crippen molar-refractivity contribution in [1.29, 1.82) is 0 Å². The molecule has 182 valence electrons. The highest BCUT2D eigenvalue weighted by Crippen LogP contribution is 2.21. The lowest BCUT2D eigenvalue weighted by Crippen LogP contribution is -2.48. The second kappa shape index (κ2) is 10.7. The van der Waals surface area contributed by atoms with Crippen LogP contribution in [0.3, 0.4) is 0 Å². The Labute approximate surface area is 201 Å². The van der Waals surface area contributed by atoms with E-state index in [2.05, 4.69) is 10.2 Å². The average Bonchev–Trinajstić information content (AvgIpc) is 3.40. The zero-order chi connectivity index (χ0) is 24.1. The molecule has 0 bridgehead atoms. The summed E-state index contributed by atoms with van der Waals surface area (Å²) in [6.45, 7) is 6.27. The lowest BCUT2D eigenvalue weighted by molar-refractivity contribution is 0.0794. The Hall–Kier alpha value is -2.75. The molecule has 8 nitrogen and oxygen atoms in total. The third kappa shape index (κ3) is 5.65. The minimum Gasteiger partial charge on any atom is -0.339 e. The molecule has 0 atom stereocenters. The van der Waals surface area contributed by atoms with Crippen LogP contribution in [0.15, 0.2) is 48.5 Å². The zero-order valence-corrected chi connectivity index (χ0v) is 20.4. The van der Waals surface area contributed by atoms with E-state index in [-0.39, 0.29) is 17.6 Å². The summed E-state index contributed by atoms with van der Waals surface area (Å²) in [6.07, 6.45) is 2.03. The third-order valence-corrected chi connectivity index (χ3v) is 8.39. The van der Waals surface area contributed by atoms with E-state index in [1.54, 1.807) is 35.5 Å². The maximum atomic E-state index is 12.9. The zero-order valence-electron chi connectivity index (χ0n) is 19.6. The molecule has 0 radical (unpaired) electrons. The molecule has 2 amide bonds. The lowest BCUT2D eigenvalue weighted by atomic mass is 10.1. The summed E-state index contributed by atoms with van der Waals surface area (Å²) in [7, 11) is -3.13. The number of sulfonamides is 1. The van der Waals surface area contributed by atoms with Crippen molar-refractivity contribution in [3.63, 3.8) is 0 Å². The molecule has 0 unspecified atom stereocenters. The van der Waals surface area contributed by atoms with Crippen molar-refractivity contribution in [2.45, 2.75) is 26.3 Å². The van der Waals surface area contributed by atoms with Gasteiger partial charge in [0.05, 0.1) is 17.0 Å². The van der Waals surface area contributed by atoms with Crippen molar-refractivity contribution in [1.82, 2.24) is 14.1 Å². The number of amides is 2. The largest absolute Gasteiger partial charge is 0.339 e. The molecule has 2 aliphatic rings. The summed E-state index contributed by atoms with van der Waals surface area (Å²) < 4.78 is 25.6. The van der Waals surface area contributed by atoms with Crippen LogP contribution in [0.4, 0.5) is 5.69 Å². The molecule has 0 aromatic heterocycles. The number of hydrogen-bond donors (Lipinski definition) is 1. The van der Waals surface area contributed by atoms with E-state index in [1.807, 2.05) is 29.2 Å². The van der Waals surface area contributed by atoms with E-state index in [0.717, 1.165) is 31.5 Å². The van der Waals surface area contributed by atoms with E-state index in [9.17, 15) is 18.0 Å². The highest BCUT2D eigenvalue weighted by molar-refractivity contribution is 7.89. The summed E-state index contributed by atoms with van der Waals surface area (Å²) >= 11 is 0. The average molecular weight is 485 g/mol. The molecule has 2 aliphatic heterocycles. The van der Waals surface area contributed by atoms with Gasteiger partial charge in [0.1, 0.15) is 0 Å². The van der Waals surface area contributed by atoms with Crippen LogP contribution >= 0.6 is 0 Å². The SMILES string of the molecule is CCS(=O)(=O)N1CCN(Cc2ccc(C(=O)Nc3ccccc3C(=O)N3CCCC3)cc2)CC1. The topological polar surface area (TPSA) is 90.0 Å². The number of carbonyl (C=O) groups is 2. The van der Waals surface area contributed by atoms with E-state index in [0.29, 0.717) is 49.5 Å². The molecule has 34 heavy (non-hydrogen) atoms. The van der Waals surface area contributed by atoms with E-state index in [1.165, 1.54) is 0 Å². The molecule has 0 spiro atoms. The van der Waals surface area contributed by atoms with Gasteiger partial charge in [-0.25, -0.2) is 8.42 Å². The first-order chi connectivity index (χ1) is 16.4. The Morgan fingerprint density at radius 3 is 2.18 bits per heavy atom. The van der Waals surface area contributed by atoms with Crippen molar-refractivity contribution in [3.8, 4) is 0 Å². The van der Waals surface area contributed by atoms with Gasteiger partial charge in [0.15, 0.2) is 0 Å². The molecule has 2 fully saturated rings. The quantitative estimate of drug-likeness (QED) is 0.653. The number of anilines is 1. The van der Waals surface area contributed by atoms with Gasteiger partial charge < -0.3 is 10.2 Å². The molecule has 2 saturated heterocycles. The van der Waals surface area contributed by atoms with Gasteiger partial charge in [-0.05, 0) is 49.6 Å². The molecule has 2 aromatic rings. The molecule has 0 saturated carbocycles. The Kier molecular flexibility index (Phi) is 7.65. The maximum absolute atomic E-state index is 12.9. The van der Waals surface area contributed by atoms with Crippen molar-refractivity contribution in [2.24, 2.45) is 0 Å². The van der Waals surface area contributed by atoms with Gasteiger partial charge in [-0.2, -0.15) is 4.31 Å². The van der Waals surface area contributed by atoms with Crippen molar-refractivity contribution < 1.29 is 18.0 Å². The highest BCUT2D eigenvalue weighted by atomic mass is 32.2. The third-order valence-electron chi connectivity index (χ3n) is 6.51. The van der Waals surface area contributed by atoms with Crippen molar-refractivity contribution >= 4 is 27.5 Å². The standard InChI is InChI=1S/C25H32N4O4S/c1-2-34(32,33)29-17-15-27(16-18-29)19-20-9-11-21(12-10-20)24(30)26-23-8-4-3-7-22(23)25(31)28-13-5-6-14-28/h3-4,7-12H,2,5-6,13-19H2,1H3,(H,26,30). The van der Waals surface area contributed by atoms with Crippen LogP contribution in [0.5, 0.6) is 0 Å². The van der Waals surface area contributed by atoms with Crippen LogP contribution in [0, 0.1) is 0 Å². The molecule has 4 rings (SSSR count). The number of benzene rings is 2. The van der Waals surface area contributed by atoms with Gasteiger partial charge in [-0.1, -0.05) is 24.3 Å². The molecule has 9 heteroatoms. The number of piperazine rings is 1. The number of nitrogens with one attached hydrogen (secondary N) is 1. The number of hydrogen-bond acceptors (Lipinski definition) is 5. The van der Waals surface area contributed by atoms with Crippen LogP contribution in [-0.4, -0.2) is 79.4 Å². The number of nitrogens with zero attached hydrogens (tertiary/aromatic N) is 3. The summed E-state index contributed by atoms with van der Waals surface area (Å²) in [6, 6.07) is 14.5. The van der Waals surface area contributed by atoms with Gasteiger partial charge in [0, 0.05) is 51.4 Å². The Balaban J connectivity index is 1.35. The van der Waals surface area contributed by atoms with Crippen LogP contribution in [0.25, 0.3) is 0 Å². The smallest absolute Gasteiger partial charge is 0.255 e. The van der Waals surface area contributed by atoms with Crippen LogP contribution in [0.1, 0.15) is 46.0 Å². The van der Waals surface area contributed by atoms with E-state index >= 15 is 0 Å². The van der Waals surface area contributed by atoms with Gasteiger partial charge in [-0.3, -0.25) is 14.5 Å². The Morgan fingerprint density at radius 2 is 1.53 bits per heavy atom. The predicted octanol–water partition coefficient (Wildman–Crippen LogP) is 2.64. The summed E-state index contributed by atoms with van der Waals surface area (Å²) in [4.78, 5) is 29.8. The first kappa shape index (κ1) is 24.4. The van der Waals surface area contributed by atoms with Crippen LogP contribution < -0.4 is 5.32 Å². The maximum Gasteiger partial charge on any atom is 0.255 e. The Bertz CT molecular complexity index is 1120. The number of rotatable bonds is 7. The van der Waals surface area contributed by atoms with E-state index in [4.69, 9.17) is 0 Å². The van der Waals surface area contributed by atoms with Crippen LogP contribution in [-0.2, 0) is 16.6 Å². The first-order valence-corrected chi connectivity index (χ1v) is 13.5. The number of likely N-dealkylation sites (tertiary alicyclic amines) is 1. The van der Waals surface area contributed by atoms with Crippen LogP contribution in [0.2, 0.25) is 0 Å². The summed E-state index contributed by atoms with van der Waals surface area (Å²) in [5.74, 6) is -0.171. The fourth-order valence-electron chi connectivity index (χ4n) is 4.43. The fraction of sp³-hybridized carbons (Fsp3) is 0.440. The van der Waals surface area contributed by atoms with Gasteiger partial charge >= 0.3 is 0 Å². The monoisotopic (exact) mass is 484 g/mol. The summed E-state index contributed by atoms with van der Waals surface area (Å²) in [5, 5.41) is 2.90. The number of para-hydroxylation sites is 1. The minimum atomic E-state index is -3.13. The second-order valence-corrected chi connectivity index (χ2v) is 11.0. The van der Waals surface area contributed by atoms with Crippen molar-refractivity contribution in [2.75, 3.05) is 50.3 Å². The second-order valence-electron chi connectivity index (χ2n) is 8.77. The molecule has 2 heterocycles. The predicted molar refractivity (Wildman–Crippen MR) is 132 cm³/mol. The molecule has 2 aromatic carbocycles. The normalized spacial score (nSPS) is 17.6. The molecular weight excluding hydrogens is 452 g/mol. The van der Waals surface area contributed by atoms with E-state index < -0.39 is 10.0 Å². The highest BCUT2D eigenvalue weighted by Gasteiger charge is 2.25. The van der Waals surface area contributed by atoms with Gasteiger partial charge in [0.25, 0.3) is 11.8 Å².